The Kier molecular flexibility index (Phi) is 5.75. The van der Waals surface area contributed by atoms with Crippen LogP contribution in [0.4, 0.5) is 11.4 Å². The molecule has 2 aromatic carbocycles. The summed E-state index contributed by atoms with van der Waals surface area (Å²) in [7, 11) is 4.04. The van der Waals surface area contributed by atoms with Gasteiger partial charge in [-0.15, -0.1) is 0 Å². The van der Waals surface area contributed by atoms with Crippen LogP contribution in [0.3, 0.4) is 0 Å². The number of carbonyl (C=O) groups excluding carboxylic acids is 2. The van der Waals surface area contributed by atoms with Crippen molar-refractivity contribution in [1.82, 2.24) is 0 Å². The molecule has 0 atom stereocenters. The van der Waals surface area contributed by atoms with E-state index in [0.717, 1.165) is 43.6 Å². The van der Waals surface area contributed by atoms with Crippen molar-refractivity contribution >= 4 is 40.8 Å². The number of nitrogens with zero attached hydrogens (tertiary/aromatic N) is 2. The molecule has 1 aliphatic heterocycles. The SMILES string of the molecule is C/C(C(=O)CC(C)(C)CC=O)=c1\ccc2c(c1)Sc1cc(N(C)C)ccc1N=2. The molecule has 146 valence electrons. The fraction of sp³-hybridized carbons (Fsp3) is 0.348. The normalized spacial score (nSPS) is 13.8. The minimum atomic E-state index is -0.320. The van der Waals surface area contributed by atoms with E-state index in [2.05, 4.69) is 23.1 Å². The Morgan fingerprint density at radius 2 is 1.89 bits per heavy atom. The second-order valence-electron chi connectivity index (χ2n) is 8.20. The summed E-state index contributed by atoms with van der Waals surface area (Å²) in [5, 5.41) is 1.85. The highest BCUT2D eigenvalue weighted by atomic mass is 32.2. The number of fused-ring (bicyclic) bond motifs is 2. The van der Waals surface area contributed by atoms with Crippen molar-refractivity contribution in [3.05, 3.63) is 47.0 Å². The highest BCUT2D eigenvalue weighted by molar-refractivity contribution is 7.99. The van der Waals surface area contributed by atoms with Gasteiger partial charge < -0.3 is 9.69 Å². The zero-order valence-electron chi connectivity index (χ0n) is 17.1. The van der Waals surface area contributed by atoms with Crippen LogP contribution in [0.25, 0.3) is 5.57 Å². The summed E-state index contributed by atoms with van der Waals surface area (Å²) in [6, 6.07) is 12.2. The Hall–Kier alpha value is -2.40. The van der Waals surface area contributed by atoms with Gasteiger partial charge in [-0.05, 0) is 53.5 Å². The third-order valence-corrected chi connectivity index (χ3v) is 6.10. The Morgan fingerprint density at radius 3 is 2.57 bits per heavy atom. The van der Waals surface area contributed by atoms with Crippen molar-refractivity contribution < 1.29 is 9.59 Å². The number of rotatable bonds is 6. The van der Waals surface area contributed by atoms with Crippen LogP contribution in [0.15, 0.2) is 51.2 Å². The molecule has 5 heteroatoms. The van der Waals surface area contributed by atoms with Gasteiger partial charge in [0, 0.05) is 42.4 Å². The lowest BCUT2D eigenvalue weighted by Gasteiger charge is -2.20. The number of aldehydes is 1. The molecule has 0 saturated carbocycles. The maximum Gasteiger partial charge on any atom is 0.159 e. The molecule has 28 heavy (non-hydrogen) atoms. The zero-order chi connectivity index (χ0) is 20.5. The molecule has 0 radical (unpaired) electrons. The van der Waals surface area contributed by atoms with Crippen LogP contribution in [-0.2, 0) is 9.59 Å². The summed E-state index contributed by atoms with van der Waals surface area (Å²) < 4.78 is 0. The Balaban J connectivity index is 1.97. The second-order valence-corrected chi connectivity index (χ2v) is 9.29. The number of anilines is 1. The van der Waals surface area contributed by atoms with Crippen LogP contribution in [0, 0.1) is 5.41 Å². The quantitative estimate of drug-likeness (QED) is 0.595. The average molecular weight is 395 g/mol. The first-order valence-corrected chi connectivity index (χ1v) is 10.2. The van der Waals surface area contributed by atoms with Crippen LogP contribution in [-0.4, -0.2) is 26.2 Å². The standard InChI is InChI=1S/C23H26N2O2S/c1-15(20(27)14-23(2,3)10-11-26)16-6-8-18-21(12-16)28-22-13-17(25(4)5)7-9-19(22)24-18/h6-9,11-13H,10,14H2,1-5H3/b16-15-. The van der Waals surface area contributed by atoms with Gasteiger partial charge >= 0.3 is 0 Å². The van der Waals surface area contributed by atoms with Gasteiger partial charge in [-0.25, -0.2) is 4.99 Å². The van der Waals surface area contributed by atoms with E-state index in [1.165, 1.54) is 0 Å². The lowest BCUT2D eigenvalue weighted by atomic mass is 9.83. The molecule has 0 bridgehead atoms. The van der Waals surface area contributed by atoms with E-state index in [1.807, 2.05) is 53.1 Å². The minimum absolute atomic E-state index is 0.0832. The lowest BCUT2D eigenvalue weighted by Crippen LogP contribution is -2.22. The molecule has 0 unspecified atom stereocenters. The molecule has 1 heterocycles. The Labute approximate surface area is 170 Å². The van der Waals surface area contributed by atoms with Crippen molar-refractivity contribution in [2.24, 2.45) is 10.4 Å². The molecule has 0 aliphatic carbocycles. The highest BCUT2D eigenvalue weighted by Crippen LogP contribution is 2.38. The molecule has 2 aromatic rings. The fourth-order valence-electron chi connectivity index (χ4n) is 3.15. The third-order valence-electron chi connectivity index (χ3n) is 5.01. The summed E-state index contributed by atoms with van der Waals surface area (Å²) in [6.45, 7) is 5.77. The number of ketones is 1. The zero-order valence-corrected chi connectivity index (χ0v) is 17.9. The van der Waals surface area contributed by atoms with Gasteiger partial charge in [0.05, 0.1) is 11.0 Å². The minimum Gasteiger partial charge on any atom is -0.378 e. The van der Waals surface area contributed by atoms with Gasteiger partial charge in [-0.3, -0.25) is 4.79 Å². The summed E-state index contributed by atoms with van der Waals surface area (Å²) in [4.78, 5) is 32.6. The van der Waals surface area contributed by atoms with Crippen LogP contribution in [0.2, 0.25) is 0 Å². The van der Waals surface area contributed by atoms with Gasteiger partial charge in [0.1, 0.15) is 6.29 Å². The molecule has 4 nitrogen and oxygen atoms in total. The average Bonchev–Trinajstić information content (AvgIpc) is 2.64. The molecule has 0 fully saturated rings. The molecule has 0 amide bonds. The van der Waals surface area contributed by atoms with Gasteiger partial charge in [-0.2, -0.15) is 0 Å². The van der Waals surface area contributed by atoms with Crippen LogP contribution < -0.4 is 15.5 Å². The Bertz CT molecular complexity index is 1050. The van der Waals surface area contributed by atoms with Crippen molar-refractivity contribution in [2.75, 3.05) is 19.0 Å². The first kappa shape index (κ1) is 20.3. The predicted molar refractivity (Wildman–Crippen MR) is 115 cm³/mol. The van der Waals surface area contributed by atoms with Crippen molar-refractivity contribution in [2.45, 2.75) is 43.4 Å². The van der Waals surface area contributed by atoms with Crippen molar-refractivity contribution in [3.8, 4) is 0 Å². The van der Waals surface area contributed by atoms with E-state index in [0.29, 0.717) is 12.8 Å². The number of hydrogen-bond donors (Lipinski definition) is 0. The summed E-state index contributed by atoms with van der Waals surface area (Å²) in [5.74, 6) is 0.0832. The van der Waals surface area contributed by atoms with Gasteiger partial charge in [0.15, 0.2) is 5.78 Å². The van der Waals surface area contributed by atoms with E-state index in [9.17, 15) is 9.59 Å². The molecular formula is C23H26N2O2S. The second kappa shape index (κ2) is 7.92. The van der Waals surface area contributed by atoms with E-state index >= 15 is 0 Å². The molecule has 0 spiro atoms. The number of hydrogen-bond acceptors (Lipinski definition) is 5. The van der Waals surface area contributed by atoms with Crippen LogP contribution in [0.5, 0.6) is 0 Å². The molecule has 3 rings (SSSR count). The van der Waals surface area contributed by atoms with Gasteiger partial charge in [0.25, 0.3) is 0 Å². The lowest BCUT2D eigenvalue weighted by molar-refractivity contribution is -0.116. The predicted octanol–water partition coefficient (Wildman–Crippen LogP) is 3.91. The number of benzene rings is 2. The van der Waals surface area contributed by atoms with Gasteiger partial charge in [-0.1, -0.05) is 31.7 Å². The monoisotopic (exact) mass is 394 g/mol. The summed E-state index contributed by atoms with van der Waals surface area (Å²) >= 11 is 1.69. The summed E-state index contributed by atoms with van der Waals surface area (Å²) in [5.41, 5.74) is 2.52. The van der Waals surface area contributed by atoms with Crippen molar-refractivity contribution in [1.29, 1.82) is 0 Å². The first-order valence-electron chi connectivity index (χ1n) is 9.36. The van der Waals surface area contributed by atoms with Crippen LogP contribution in [0.1, 0.15) is 33.6 Å². The molecule has 0 saturated heterocycles. The molecular weight excluding hydrogens is 368 g/mol. The maximum atomic E-state index is 12.7. The third kappa shape index (κ3) is 4.36. The highest BCUT2D eigenvalue weighted by Gasteiger charge is 2.22. The topological polar surface area (TPSA) is 49.7 Å². The van der Waals surface area contributed by atoms with E-state index in [-0.39, 0.29) is 11.2 Å². The smallest absolute Gasteiger partial charge is 0.159 e. The molecule has 0 N–H and O–H groups in total. The maximum absolute atomic E-state index is 12.7. The first-order chi connectivity index (χ1) is 13.2. The number of carbonyl (C=O) groups is 2. The number of Topliss-reactive ketones (excluding diaryl/α,β-unsaturated/α-hetero) is 1. The van der Waals surface area contributed by atoms with Crippen LogP contribution >= 0.6 is 11.8 Å². The largest absolute Gasteiger partial charge is 0.378 e. The van der Waals surface area contributed by atoms with Crippen molar-refractivity contribution in [3.63, 3.8) is 0 Å². The van der Waals surface area contributed by atoms with E-state index in [4.69, 9.17) is 4.99 Å². The Morgan fingerprint density at radius 1 is 1.14 bits per heavy atom. The van der Waals surface area contributed by atoms with Gasteiger partial charge in [0.2, 0.25) is 0 Å². The summed E-state index contributed by atoms with van der Waals surface area (Å²) in [6.07, 6.45) is 1.64. The fourth-order valence-corrected chi connectivity index (χ4v) is 4.19. The van der Waals surface area contributed by atoms with E-state index in [1.54, 1.807) is 11.8 Å². The molecule has 0 aromatic heterocycles. The molecule has 1 aliphatic rings. The van der Waals surface area contributed by atoms with E-state index < -0.39 is 0 Å².